The summed E-state index contributed by atoms with van der Waals surface area (Å²) in [4.78, 5) is 36.1. The van der Waals surface area contributed by atoms with Crippen molar-refractivity contribution < 1.29 is 24.2 Å². The summed E-state index contributed by atoms with van der Waals surface area (Å²) in [6.45, 7) is 2.24. The summed E-state index contributed by atoms with van der Waals surface area (Å²) in [5.74, 6) is -1.47. The van der Waals surface area contributed by atoms with Gasteiger partial charge < -0.3 is 9.84 Å². The molecule has 1 atom stereocenters. The van der Waals surface area contributed by atoms with E-state index < -0.39 is 17.1 Å². The number of carbonyl (C=O) groups excluding carboxylic acids is 2. The van der Waals surface area contributed by atoms with Gasteiger partial charge in [0.05, 0.1) is 23.3 Å². The first-order valence-electron chi connectivity index (χ1n) is 6.46. The van der Waals surface area contributed by atoms with Crippen LogP contribution in [0, 0.1) is 0 Å². The number of amides is 2. The summed E-state index contributed by atoms with van der Waals surface area (Å²) in [7, 11) is 0. The molecule has 1 aliphatic heterocycles. The van der Waals surface area contributed by atoms with Crippen LogP contribution >= 0.6 is 11.8 Å². The predicted octanol–water partition coefficient (Wildman–Crippen LogP) is 1.53. The molecule has 7 heteroatoms. The number of hydrogen-bond acceptors (Lipinski definition) is 5. The second-order valence-electron chi connectivity index (χ2n) is 4.37. The van der Waals surface area contributed by atoms with E-state index in [9.17, 15) is 14.4 Å². The lowest BCUT2D eigenvalue weighted by Gasteiger charge is -2.18. The standard InChI is InChI=1S/C14H15NO5S/c1-2-20-10-6-4-3-5-9(10)15-12(16)7-11(14(15)19)21-8-13(17)18/h3-6,11H,2,7-8H2,1H3,(H,17,18)/t11-/m1/s1. The number of anilines is 1. The zero-order valence-corrected chi connectivity index (χ0v) is 12.3. The van der Waals surface area contributed by atoms with E-state index in [1.807, 2.05) is 6.92 Å². The average molecular weight is 309 g/mol. The zero-order valence-electron chi connectivity index (χ0n) is 11.4. The topological polar surface area (TPSA) is 83.9 Å². The molecule has 1 aromatic rings. The van der Waals surface area contributed by atoms with E-state index in [1.165, 1.54) is 0 Å². The quantitative estimate of drug-likeness (QED) is 0.802. The lowest BCUT2D eigenvalue weighted by molar-refractivity contribution is -0.134. The van der Waals surface area contributed by atoms with Crippen LogP contribution in [0.25, 0.3) is 0 Å². The van der Waals surface area contributed by atoms with Crippen LogP contribution in [-0.4, -0.2) is 40.5 Å². The van der Waals surface area contributed by atoms with Gasteiger partial charge in [0.25, 0.3) is 0 Å². The first-order chi connectivity index (χ1) is 10.0. The van der Waals surface area contributed by atoms with E-state index in [1.54, 1.807) is 24.3 Å². The van der Waals surface area contributed by atoms with E-state index >= 15 is 0 Å². The number of hydrogen-bond donors (Lipinski definition) is 1. The molecule has 0 spiro atoms. The molecule has 2 amide bonds. The minimum atomic E-state index is -1.01. The molecule has 6 nitrogen and oxygen atoms in total. The van der Waals surface area contributed by atoms with Gasteiger partial charge in [-0.3, -0.25) is 14.4 Å². The Morgan fingerprint density at radius 3 is 2.81 bits per heavy atom. The number of benzene rings is 1. The number of para-hydroxylation sites is 2. The largest absolute Gasteiger partial charge is 0.492 e. The molecule has 1 N–H and O–H groups in total. The Labute approximate surface area is 126 Å². The van der Waals surface area contributed by atoms with Crippen LogP contribution < -0.4 is 9.64 Å². The first-order valence-corrected chi connectivity index (χ1v) is 7.51. The van der Waals surface area contributed by atoms with E-state index in [4.69, 9.17) is 9.84 Å². The molecule has 0 bridgehead atoms. The Bertz CT molecular complexity index is 574. The second kappa shape index (κ2) is 6.62. The number of carbonyl (C=O) groups is 3. The number of nitrogens with zero attached hydrogens (tertiary/aromatic N) is 1. The number of carboxylic acid groups (broad SMARTS) is 1. The monoisotopic (exact) mass is 309 g/mol. The molecule has 0 aliphatic carbocycles. The number of imide groups is 1. The molecule has 0 aromatic heterocycles. The van der Waals surface area contributed by atoms with Crippen LogP contribution in [0.15, 0.2) is 24.3 Å². The highest BCUT2D eigenvalue weighted by atomic mass is 32.2. The number of aliphatic carboxylic acids is 1. The Kier molecular flexibility index (Phi) is 4.85. The Balaban J connectivity index is 2.22. The van der Waals surface area contributed by atoms with Crippen LogP contribution in [0.5, 0.6) is 5.75 Å². The lowest BCUT2D eigenvalue weighted by atomic mass is 10.2. The summed E-state index contributed by atoms with van der Waals surface area (Å²) in [5, 5.41) is 8.02. The molecule has 1 fully saturated rings. The minimum absolute atomic E-state index is 0.0112. The number of thioether (sulfide) groups is 1. The maximum Gasteiger partial charge on any atom is 0.313 e. The normalized spacial score (nSPS) is 18.1. The molecule has 1 saturated heterocycles. The summed E-state index contributed by atoms with van der Waals surface area (Å²) < 4.78 is 5.43. The number of carboxylic acids is 1. The zero-order chi connectivity index (χ0) is 15.4. The fraction of sp³-hybridized carbons (Fsp3) is 0.357. The molecule has 1 aliphatic rings. The predicted molar refractivity (Wildman–Crippen MR) is 78.6 cm³/mol. The van der Waals surface area contributed by atoms with Gasteiger partial charge in [-0.25, -0.2) is 4.90 Å². The lowest BCUT2D eigenvalue weighted by Crippen LogP contribution is -2.31. The van der Waals surface area contributed by atoms with Crippen molar-refractivity contribution in [2.45, 2.75) is 18.6 Å². The minimum Gasteiger partial charge on any atom is -0.492 e. The van der Waals surface area contributed by atoms with E-state index in [0.29, 0.717) is 18.0 Å². The Morgan fingerprint density at radius 2 is 2.14 bits per heavy atom. The van der Waals surface area contributed by atoms with Crippen LogP contribution in [0.3, 0.4) is 0 Å². The molecule has 1 heterocycles. The number of rotatable bonds is 6. The van der Waals surface area contributed by atoms with Gasteiger partial charge in [-0.05, 0) is 19.1 Å². The molecule has 112 valence electrons. The van der Waals surface area contributed by atoms with E-state index in [0.717, 1.165) is 16.7 Å². The third kappa shape index (κ3) is 3.36. The van der Waals surface area contributed by atoms with Gasteiger partial charge in [-0.15, -0.1) is 11.8 Å². The number of ether oxygens (including phenoxy) is 1. The van der Waals surface area contributed by atoms with Gasteiger partial charge in [0.2, 0.25) is 11.8 Å². The van der Waals surface area contributed by atoms with Crippen molar-refractivity contribution in [1.82, 2.24) is 0 Å². The highest BCUT2D eigenvalue weighted by Crippen LogP contribution is 2.35. The fourth-order valence-corrected chi connectivity index (χ4v) is 2.93. The van der Waals surface area contributed by atoms with Gasteiger partial charge >= 0.3 is 5.97 Å². The highest BCUT2D eigenvalue weighted by Gasteiger charge is 2.41. The van der Waals surface area contributed by atoms with Crippen molar-refractivity contribution >= 4 is 35.2 Å². The van der Waals surface area contributed by atoms with Crippen molar-refractivity contribution in [2.24, 2.45) is 0 Å². The van der Waals surface area contributed by atoms with Crippen LogP contribution in [-0.2, 0) is 14.4 Å². The molecule has 1 aromatic carbocycles. The van der Waals surface area contributed by atoms with Crippen molar-refractivity contribution in [1.29, 1.82) is 0 Å². The Hall–Kier alpha value is -2.02. The summed E-state index contributed by atoms with van der Waals surface area (Å²) in [6, 6.07) is 6.81. The Morgan fingerprint density at radius 1 is 1.43 bits per heavy atom. The average Bonchev–Trinajstić information content (AvgIpc) is 2.72. The van der Waals surface area contributed by atoms with Crippen molar-refractivity contribution in [3.63, 3.8) is 0 Å². The van der Waals surface area contributed by atoms with Gasteiger partial charge in [0.15, 0.2) is 0 Å². The van der Waals surface area contributed by atoms with Crippen molar-refractivity contribution in [2.75, 3.05) is 17.3 Å². The smallest absolute Gasteiger partial charge is 0.313 e. The molecular formula is C14H15NO5S. The molecule has 0 saturated carbocycles. The van der Waals surface area contributed by atoms with Crippen molar-refractivity contribution in [3.05, 3.63) is 24.3 Å². The third-order valence-electron chi connectivity index (χ3n) is 2.92. The fourth-order valence-electron chi connectivity index (χ4n) is 2.08. The van der Waals surface area contributed by atoms with Gasteiger partial charge in [0, 0.05) is 6.42 Å². The molecule has 21 heavy (non-hydrogen) atoms. The third-order valence-corrected chi connectivity index (χ3v) is 4.10. The first kappa shape index (κ1) is 15.4. The van der Waals surface area contributed by atoms with E-state index in [2.05, 4.69) is 0 Å². The van der Waals surface area contributed by atoms with Gasteiger partial charge in [0.1, 0.15) is 5.75 Å². The second-order valence-corrected chi connectivity index (χ2v) is 5.56. The summed E-state index contributed by atoms with van der Waals surface area (Å²) in [5.41, 5.74) is 0.410. The van der Waals surface area contributed by atoms with Crippen LogP contribution in [0.1, 0.15) is 13.3 Å². The van der Waals surface area contributed by atoms with Crippen LogP contribution in [0.2, 0.25) is 0 Å². The van der Waals surface area contributed by atoms with Crippen LogP contribution in [0.4, 0.5) is 5.69 Å². The molecular weight excluding hydrogens is 294 g/mol. The molecule has 0 radical (unpaired) electrons. The maximum absolute atomic E-state index is 12.3. The van der Waals surface area contributed by atoms with Gasteiger partial charge in [-0.2, -0.15) is 0 Å². The van der Waals surface area contributed by atoms with Crippen molar-refractivity contribution in [3.8, 4) is 5.75 Å². The van der Waals surface area contributed by atoms with E-state index in [-0.39, 0.29) is 18.1 Å². The highest BCUT2D eigenvalue weighted by molar-refractivity contribution is 8.01. The molecule has 0 unspecified atom stereocenters. The maximum atomic E-state index is 12.3. The summed E-state index contributed by atoms with van der Waals surface area (Å²) >= 11 is 0.969. The summed E-state index contributed by atoms with van der Waals surface area (Å²) in [6.07, 6.45) is 0.0112. The van der Waals surface area contributed by atoms with Gasteiger partial charge in [-0.1, -0.05) is 12.1 Å². The SMILES string of the molecule is CCOc1ccccc1N1C(=O)C[C@@H](SCC(=O)O)C1=O. The molecule has 2 rings (SSSR count).